The second-order valence-corrected chi connectivity index (χ2v) is 7.93. The molecule has 0 amide bonds. The molecule has 2 aromatic carbocycles. The van der Waals surface area contributed by atoms with Crippen LogP contribution in [0.5, 0.6) is 11.5 Å². The van der Waals surface area contributed by atoms with Crippen molar-refractivity contribution in [2.75, 3.05) is 24.6 Å². The molecule has 0 saturated heterocycles. The van der Waals surface area contributed by atoms with Crippen LogP contribution in [0.2, 0.25) is 0 Å². The predicted molar refractivity (Wildman–Crippen MR) is 97.5 cm³/mol. The van der Waals surface area contributed by atoms with Crippen molar-refractivity contribution in [3.8, 4) is 11.5 Å². The molecule has 0 aliphatic heterocycles. The first-order chi connectivity index (χ1) is 12.6. The Kier molecular flexibility index (Phi) is 6.15. The Labute approximate surface area is 156 Å². The first-order valence-corrected chi connectivity index (χ1v) is 10.4. The van der Waals surface area contributed by atoms with E-state index in [9.17, 15) is 25.9 Å². The van der Waals surface area contributed by atoms with Crippen molar-refractivity contribution in [1.82, 2.24) is 0 Å². The molecule has 10 nitrogen and oxygen atoms in total. The third-order valence-electron chi connectivity index (χ3n) is 3.34. The third kappa shape index (κ3) is 5.23. The maximum atomic E-state index is 11.6. The first-order valence-electron chi connectivity index (χ1n) is 7.48. The smallest absolute Gasteiger partial charge is 0.296 e. The van der Waals surface area contributed by atoms with Gasteiger partial charge < -0.3 is 9.47 Å². The van der Waals surface area contributed by atoms with Gasteiger partial charge in [-0.1, -0.05) is 0 Å². The van der Waals surface area contributed by atoms with Gasteiger partial charge in [-0.05, 0) is 31.2 Å². The zero-order valence-electron chi connectivity index (χ0n) is 14.3. The number of hydrogen-bond acceptors (Lipinski definition) is 8. The molecule has 148 valence electrons. The molecule has 0 unspecified atom stereocenters. The van der Waals surface area contributed by atoms with E-state index in [1.54, 1.807) is 6.92 Å². The number of anilines is 2. The first kappa shape index (κ1) is 20.8. The summed E-state index contributed by atoms with van der Waals surface area (Å²) in [6.07, 6.45) is 0. The van der Waals surface area contributed by atoms with Gasteiger partial charge in [0.25, 0.3) is 20.2 Å². The highest BCUT2D eigenvalue weighted by Crippen LogP contribution is 2.29. The van der Waals surface area contributed by atoms with Crippen LogP contribution in [0.4, 0.5) is 11.4 Å². The van der Waals surface area contributed by atoms with Gasteiger partial charge in [0.05, 0.1) is 25.1 Å². The summed E-state index contributed by atoms with van der Waals surface area (Å²) in [4.78, 5) is -0.975. The fourth-order valence-electron chi connectivity index (χ4n) is 2.16. The van der Waals surface area contributed by atoms with E-state index in [0.29, 0.717) is 6.61 Å². The van der Waals surface area contributed by atoms with Crippen LogP contribution in [0.1, 0.15) is 6.92 Å². The molecule has 2 rings (SSSR count). The molecule has 0 aliphatic carbocycles. The molecule has 0 radical (unpaired) electrons. The lowest BCUT2D eigenvalue weighted by atomic mass is 10.3. The minimum atomic E-state index is -4.60. The summed E-state index contributed by atoms with van der Waals surface area (Å²) in [7, 11) is -7.87. The molecule has 12 heteroatoms. The standard InChI is InChI=1S/C15H18N2O8S2/c1-3-25-11-5-7-13(15(9-11)27(21,22)23)17-16-12-6-4-10(24-2)8-14(12)26(18,19)20/h4-9,16-17H,3H2,1-2H3,(H,18,19,20)(H,21,22,23). The van der Waals surface area contributed by atoms with Gasteiger partial charge in [-0.3, -0.25) is 20.0 Å². The number of methoxy groups -OCH3 is 1. The van der Waals surface area contributed by atoms with Crippen LogP contribution in [0.3, 0.4) is 0 Å². The van der Waals surface area contributed by atoms with Crippen molar-refractivity contribution in [1.29, 1.82) is 0 Å². The van der Waals surface area contributed by atoms with Gasteiger partial charge in [0.15, 0.2) is 0 Å². The molecular weight excluding hydrogens is 400 g/mol. The summed E-state index contributed by atoms with van der Waals surface area (Å²) in [5, 5.41) is 0. The molecule has 0 atom stereocenters. The Hall–Kier alpha value is -2.54. The highest BCUT2D eigenvalue weighted by atomic mass is 32.2. The van der Waals surface area contributed by atoms with Gasteiger partial charge in [-0.25, -0.2) is 0 Å². The minimum Gasteiger partial charge on any atom is -0.497 e. The van der Waals surface area contributed by atoms with Gasteiger partial charge in [-0.2, -0.15) is 16.8 Å². The largest absolute Gasteiger partial charge is 0.497 e. The highest BCUT2D eigenvalue weighted by Gasteiger charge is 2.19. The fourth-order valence-corrected chi connectivity index (χ4v) is 3.48. The van der Waals surface area contributed by atoms with Gasteiger partial charge in [0.1, 0.15) is 21.3 Å². The van der Waals surface area contributed by atoms with Crippen LogP contribution in [-0.2, 0) is 20.2 Å². The van der Waals surface area contributed by atoms with Gasteiger partial charge in [0, 0.05) is 12.1 Å². The molecule has 4 N–H and O–H groups in total. The summed E-state index contributed by atoms with van der Waals surface area (Å²) < 4.78 is 75.2. The summed E-state index contributed by atoms with van der Waals surface area (Å²) in [6, 6.07) is 7.71. The molecule has 0 aromatic heterocycles. The number of ether oxygens (including phenoxy) is 2. The predicted octanol–water partition coefficient (Wildman–Crippen LogP) is 2.03. The SMILES string of the molecule is CCOc1ccc(NNc2ccc(OC)cc2S(=O)(=O)O)c(S(=O)(=O)O)c1. The van der Waals surface area contributed by atoms with E-state index in [0.717, 1.165) is 12.1 Å². The molecule has 27 heavy (non-hydrogen) atoms. The van der Waals surface area contributed by atoms with Crippen molar-refractivity contribution in [2.45, 2.75) is 16.7 Å². The van der Waals surface area contributed by atoms with Crippen molar-refractivity contribution in [3.63, 3.8) is 0 Å². The van der Waals surface area contributed by atoms with Crippen LogP contribution in [-0.4, -0.2) is 39.7 Å². The average Bonchev–Trinajstić information content (AvgIpc) is 2.59. The third-order valence-corrected chi connectivity index (χ3v) is 5.13. The molecule has 0 aliphatic rings. The van der Waals surface area contributed by atoms with Crippen LogP contribution >= 0.6 is 0 Å². The van der Waals surface area contributed by atoms with Crippen molar-refractivity contribution in [2.24, 2.45) is 0 Å². The zero-order chi connectivity index (χ0) is 20.2. The molecule has 0 heterocycles. The van der Waals surface area contributed by atoms with Gasteiger partial charge in [-0.15, -0.1) is 0 Å². The van der Waals surface area contributed by atoms with Crippen LogP contribution in [0, 0.1) is 0 Å². The lowest BCUT2D eigenvalue weighted by molar-refractivity contribution is 0.339. The van der Waals surface area contributed by atoms with E-state index >= 15 is 0 Å². The zero-order valence-corrected chi connectivity index (χ0v) is 16.0. The number of benzene rings is 2. The van der Waals surface area contributed by atoms with Crippen LogP contribution in [0.15, 0.2) is 46.2 Å². The number of hydrazine groups is 1. The maximum absolute atomic E-state index is 11.6. The van der Waals surface area contributed by atoms with Crippen molar-refractivity contribution < 1.29 is 35.4 Å². The summed E-state index contributed by atoms with van der Waals surface area (Å²) >= 11 is 0. The van der Waals surface area contributed by atoms with E-state index < -0.39 is 30.0 Å². The normalized spacial score (nSPS) is 11.7. The Bertz CT molecular complexity index is 1040. The number of rotatable bonds is 8. The number of nitrogens with one attached hydrogen (secondary N) is 2. The molecular formula is C15H18N2O8S2. The average molecular weight is 418 g/mol. The van der Waals surface area contributed by atoms with E-state index in [1.807, 2.05) is 0 Å². The highest BCUT2D eigenvalue weighted by molar-refractivity contribution is 7.86. The van der Waals surface area contributed by atoms with E-state index in [4.69, 9.17) is 9.47 Å². The molecule has 0 saturated carbocycles. The topological polar surface area (TPSA) is 151 Å². The van der Waals surface area contributed by atoms with Crippen LogP contribution in [0.25, 0.3) is 0 Å². The molecule has 0 fully saturated rings. The quantitative estimate of drug-likeness (QED) is 0.370. The fraction of sp³-hybridized carbons (Fsp3) is 0.200. The minimum absolute atomic E-state index is 0.0712. The lowest BCUT2D eigenvalue weighted by Gasteiger charge is -2.16. The Morgan fingerprint density at radius 1 is 0.852 bits per heavy atom. The summed E-state index contributed by atoms with van der Waals surface area (Å²) in [5.74, 6) is 0.409. The molecule has 2 aromatic rings. The molecule has 0 bridgehead atoms. The maximum Gasteiger partial charge on any atom is 0.296 e. The van der Waals surface area contributed by atoms with E-state index in [2.05, 4.69) is 10.9 Å². The van der Waals surface area contributed by atoms with E-state index in [1.165, 1.54) is 31.4 Å². The molecule has 0 spiro atoms. The Balaban J connectivity index is 2.40. The van der Waals surface area contributed by atoms with Gasteiger partial charge in [0.2, 0.25) is 0 Å². The Morgan fingerprint density at radius 2 is 1.30 bits per heavy atom. The van der Waals surface area contributed by atoms with Crippen LogP contribution < -0.4 is 20.3 Å². The van der Waals surface area contributed by atoms with E-state index in [-0.39, 0.29) is 22.9 Å². The summed E-state index contributed by atoms with van der Waals surface area (Å²) in [6.45, 7) is 2.00. The summed E-state index contributed by atoms with van der Waals surface area (Å²) in [5.41, 5.74) is 4.84. The van der Waals surface area contributed by atoms with Gasteiger partial charge >= 0.3 is 0 Å². The van der Waals surface area contributed by atoms with Crippen molar-refractivity contribution in [3.05, 3.63) is 36.4 Å². The Morgan fingerprint density at radius 3 is 1.70 bits per heavy atom. The monoisotopic (exact) mass is 418 g/mol. The second kappa shape index (κ2) is 8.00. The lowest BCUT2D eigenvalue weighted by Crippen LogP contribution is -2.15. The second-order valence-electron chi connectivity index (χ2n) is 5.15. The van der Waals surface area contributed by atoms with Crippen molar-refractivity contribution >= 4 is 31.6 Å². The number of hydrogen-bond donors (Lipinski definition) is 4.